The first kappa shape index (κ1) is 47.6. The van der Waals surface area contributed by atoms with Gasteiger partial charge in [0.15, 0.2) is 0 Å². The Morgan fingerprint density at radius 3 is 0.880 bits per heavy atom. The molecule has 0 radical (unpaired) electrons. The zero-order valence-corrected chi connectivity index (χ0v) is 45.6. The molecule has 0 spiro atoms. The van der Waals surface area contributed by atoms with Crippen LogP contribution in [0.5, 0.6) is 0 Å². The molecule has 1 aliphatic rings. The molecule has 1 aliphatic carbocycles. The highest BCUT2D eigenvalue weighted by Gasteiger charge is 2.32. The first-order chi connectivity index (χ1) is 35.9. The second kappa shape index (κ2) is 17.8. The minimum absolute atomic E-state index is 0.208. The summed E-state index contributed by atoms with van der Waals surface area (Å²) in [5.41, 5.74) is 15.2. The summed E-state index contributed by atoms with van der Waals surface area (Å²) in [5, 5.41) is 11.4. The van der Waals surface area contributed by atoms with Crippen LogP contribution >= 0.6 is 0 Å². The fourth-order valence-electron chi connectivity index (χ4n) is 13.7. The summed E-state index contributed by atoms with van der Waals surface area (Å²) in [5.74, 6) is 1.40. The first-order valence-corrected chi connectivity index (χ1v) is 27.9. The molecule has 0 N–H and O–H groups in total. The van der Waals surface area contributed by atoms with E-state index < -0.39 is 0 Å². The van der Waals surface area contributed by atoms with Crippen molar-refractivity contribution in [1.29, 1.82) is 0 Å². The zero-order chi connectivity index (χ0) is 51.5. The van der Waals surface area contributed by atoms with Crippen molar-refractivity contribution in [3.8, 4) is 0 Å². The molecule has 6 heteroatoms. The van der Waals surface area contributed by atoms with Crippen LogP contribution in [-0.2, 0) is 38.5 Å². The molecular weight excluding hydrogens is 913 g/mol. The summed E-state index contributed by atoms with van der Waals surface area (Å²) >= 11 is 0. The Labute approximate surface area is 441 Å². The maximum atomic E-state index is 5.54. The number of imidazole rings is 3. The van der Waals surface area contributed by atoms with Gasteiger partial charge in [0.1, 0.15) is 16.9 Å². The van der Waals surface area contributed by atoms with E-state index in [1.807, 2.05) is 0 Å². The molecule has 0 atom stereocenters. The van der Waals surface area contributed by atoms with Gasteiger partial charge in [0.25, 0.3) is 0 Å². The standard InChI is InChI=1S/C69H72N6/c1-67(2,3)37-43-22-25-61-58(34-43)52-16-10-13-19-55(52)64-70-49(40-73(61)64)31-46-28-47(32-50-41-74-62-26-23-44(38-68(4,5)6)35-59(62)53-17-11-14-20-56(53)65(74)71-50)30-48(29-46)33-51-42-75-63-27-24-45(39-69(7,8)9)36-60(63)54-18-12-15-21-57(54)66(75)72-51/h10-27,34-36,40-42,46-48H,28-33,37-39H2,1-9H3. The number of hydrogen-bond donors (Lipinski definition) is 0. The molecule has 1 fully saturated rings. The van der Waals surface area contributed by atoms with Crippen molar-refractivity contribution in [2.75, 3.05) is 0 Å². The fourth-order valence-corrected chi connectivity index (χ4v) is 13.7. The molecular formula is C69H72N6. The number of nitrogens with zero attached hydrogens (tertiary/aromatic N) is 6. The third-order valence-corrected chi connectivity index (χ3v) is 16.3. The van der Waals surface area contributed by atoms with Crippen molar-refractivity contribution < 1.29 is 0 Å². The van der Waals surface area contributed by atoms with Crippen molar-refractivity contribution in [3.63, 3.8) is 0 Å². The van der Waals surface area contributed by atoms with E-state index in [0.717, 1.165) is 74.7 Å². The molecule has 0 amide bonds. The average Bonchev–Trinajstić information content (AvgIpc) is 4.12. The smallest absolute Gasteiger partial charge is 0.145 e. The van der Waals surface area contributed by atoms with Crippen LogP contribution in [0, 0.1) is 34.0 Å². The van der Waals surface area contributed by atoms with Crippen LogP contribution in [0.25, 0.3) is 82.0 Å². The van der Waals surface area contributed by atoms with Gasteiger partial charge in [-0.2, -0.15) is 0 Å². The number of fused-ring (bicyclic) bond motifs is 18. The Kier molecular flexibility index (Phi) is 11.3. The maximum Gasteiger partial charge on any atom is 0.145 e. The summed E-state index contributed by atoms with van der Waals surface area (Å²) < 4.78 is 7.17. The quantitative estimate of drug-likeness (QED) is 0.135. The number of rotatable bonds is 9. The van der Waals surface area contributed by atoms with Gasteiger partial charge in [-0.1, -0.05) is 153 Å². The highest BCUT2D eigenvalue weighted by molar-refractivity contribution is 6.14. The van der Waals surface area contributed by atoms with E-state index in [0.29, 0.717) is 17.8 Å². The Hall–Kier alpha value is -7.05. The summed E-state index contributed by atoms with van der Waals surface area (Å²) in [6, 6.07) is 48.0. The topological polar surface area (TPSA) is 51.9 Å². The predicted octanol–water partition coefficient (Wildman–Crippen LogP) is 17.4. The lowest BCUT2D eigenvalue weighted by Gasteiger charge is -2.34. The van der Waals surface area contributed by atoms with E-state index in [4.69, 9.17) is 15.0 Å². The van der Waals surface area contributed by atoms with Crippen LogP contribution in [-0.4, -0.2) is 28.2 Å². The first-order valence-electron chi connectivity index (χ1n) is 27.9. The highest BCUT2D eigenvalue weighted by atomic mass is 15.0. The van der Waals surface area contributed by atoms with Crippen LogP contribution < -0.4 is 0 Å². The molecule has 0 aliphatic heterocycles. The van der Waals surface area contributed by atoms with Crippen LogP contribution in [0.15, 0.2) is 146 Å². The van der Waals surface area contributed by atoms with E-state index >= 15 is 0 Å². The van der Waals surface area contributed by atoms with Crippen molar-refractivity contribution in [1.82, 2.24) is 28.2 Å². The van der Waals surface area contributed by atoms with Gasteiger partial charge in [-0.15, -0.1) is 0 Å². The molecule has 0 saturated heterocycles. The van der Waals surface area contributed by atoms with E-state index in [9.17, 15) is 0 Å². The number of benzene rings is 6. The summed E-state index contributed by atoms with van der Waals surface area (Å²) in [4.78, 5) is 16.6. The predicted molar refractivity (Wildman–Crippen MR) is 316 cm³/mol. The van der Waals surface area contributed by atoms with Gasteiger partial charge >= 0.3 is 0 Å². The maximum absolute atomic E-state index is 5.54. The van der Waals surface area contributed by atoms with E-state index in [-0.39, 0.29) is 16.2 Å². The van der Waals surface area contributed by atoms with Gasteiger partial charge in [-0.05, 0) is 161 Å². The molecule has 0 unspecified atom stereocenters. The molecule has 1 saturated carbocycles. The number of aromatic nitrogens is 6. The van der Waals surface area contributed by atoms with Crippen molar-refractivity contribution in [2.24, 2.45) is 34.0 Å². The third kappa shape index (κ3) is 9.12. The van der Waals surface area contributed by atoms with E-state index in [1.54, 1.807) is 0 Å². The molecule has 12 aromatic rings. The lowest BCUT2D eigenvalue weighted by atomic mass is 9.71. The fraction of sp³-hybridized carbons (Fsp3) is 0.348. The normalized spacial score (nSPS) is 17.2. The molecule has 0 bridgehead atoms. The van der Waals surface area contributed by atoms with Gasteiger partial charge in [-0.3, -0.25) is 13.2 Å². The molecule has 75 heavy (non-hydrogen) atoms. The van der Waals surface area contributed by atoms with E-state index in [1.165, 1.54) is 98.8 Å². The van der Waals surface area contributed by atoms with Crippen LogP contribution in [0.3, 0.4) is 0 Å². The average molecular weight is 985 g/mol. The van der Waals surface area contributed by atoms with Crippen LogP contribution in [0.4, 0.5) is 0 Å². The lowest BCUT2D eigenvalue weighted by molar-refractivity contribution is 0.190. The second-order valence-corrected chi connectivity index (χ2v) is 26.6. The molecule has 378 valence electrons. The van der Waals surface area contributed by atoms with Crippen LogP contribution in [0.2, 0.25) is 0 Å². The molecule has 6 aromatic heterocycles. The molecule has 13 rings (SSSR count). The third-order valence-electron chi connectivity index (χ3n) is 16.3. The summed E-state index contributed by atoms with van der Waals surface area (Å²) in [6.45, 7) is 21.0. The SMILES string of the molecule is CC(C)(C)Cc1ccc2c(c1)c1ccccc1c1nc(CC3CC(Cc4cn5c6ccc(CC(C)(C)C)cc6c6ccccc6c5n4)CC(Cc4cn5c6ccc(CC(C)(C)C)cc6c6ccccc6c5n4)C3)cn21. The van der Waals surface area contributed by atoms with E-state index in [2.05, 4.69) is 221 Å². The monoisotopic (exact) mass is 985 g/mol. The van der Waals surface area contributed by atoms with Gasteiger partial charge in [0.05, 0.1) is 33.6 Å². The molecule has 6 aromatic carbocycles. The van der Waals surface area contributed by atoms with Crippen molar-refractivity contribution >= 4 is 82.0 Å². The lowest BCUT2D eigenvalue weighted by Crippen LogP contribution is -2.27. The van der Waals surface area contributed by atoms with Crippen LogP contribution in [0.1, 0.15) is 115 Å². The highest BCUT2D eigenvalue weighted by Crippen LogP contribution is 2.41. The van der Waals surface area contributed by atoms with Crippen molar-refractivity contribution in [2.45, 2.75) is 120 Å². The van der Waals surface area contributed by atoms with Gasteiger partial charge in [0, 0.05) is 50.9 Å². The zero-order valence-electron chi connectivity index (χ0n) is 45.6. The Bertz CT molecular complexity index is 3760. The molecule has 6 nitrogen and oxygen atoms in total. The number of pyridine rings is 3. The molecule has 6 heterocycles. The van der Waals surface area contributed by atoms with Gasteiger partial charge < -0.3 is 0 Å². The number of hydrogen-bond acceptors (Lipinski definition) is 3. The summed E-state index contributed by atoms with van der Waals surface area (Å²) in [6.07, 6.45) is 16.5. The Balaban J connectivity index is 0.878. The largest absolute Gasteiger partial charge is 0.299 e. The van der Waals surface area contributed by atoms with Gasteiger partial charge in [-0.25, -0.2) is 15.0 Å². The van der Waals surface area contributed by atoms with Gasteiger partial charge in [0.2, 0.25) is 0 Å². The Morgan fingerprint density at radius 1 is 0.347 bits per heavy atom. The Morgan fingerprint density at radius 2 is 0.613 bits per heavy atom. The summed E-state index contributed by atoms with van der Waals surface area (Å²) in [7, 11) is 0. The second-order valence-electron chi connectivity index (χ2n) is 26.6. The van der Waals surface area contributed by atoms with Crippen molar-refractivity contribution in [3.05, 3.63) is 180 Å². The minimum atomic E-state index is 0.208. The minimum Gasteiger partial charge on any atom is -0.299 e.